The fourth-order valence-electron chi connectivity index (χ4n) is 0.954. The van der Waals surface area contributed by atoms with Gasteiger partial charge in [-0.2, -0.15) is 5.10 Å². The minimum absolute atomic E-state index is 0.292. The molecule has 1 aromatic rings. The third-order valence-electron chi connectivity index (χ3n) is 1.51. The van der Waals surface area contributed by atoms with Crippen molar-refractivity contribution in [3.05, 3.63) is 17.5 Å². The molecular weight excluding hydrogens is 206 g/mol. The van der Waals surface area contributed by atoms with E-state index in [1.807, 2.05) is 0 Å². The van der Waals surface area contributed by atoms with E-state index in [1.165, 1.54) is 0 Å². The van der Waals surface area contributed by atoms with Gasteiger partial charge in [0.2, 0.25) is 0 Å². The van der Waals surface area contributed by atoms with Gasteiger partial charge in [0.05, 0.1) is 11.8 Å². The second-order valence-electron chi connectivity index (χ2n) is 4.00. The van der Waals surface area contributed by atoms with Gasteiger partial charge in [-0.05, 0) is 20.8 Å². The molecule has 0 saturated heterocycles. The lowest BCUT2D eigenvalue weighted by Gasteiger charge is -2.19. The molecule has 0 aromatic carbocycles. The zero-order valence-electron chi connectivity index (χ0n) is 8.67. The molecule has 6 heteroatoms. The molecule has 0 aliphatic carbocycles. The molecule has 4 nitrogen and oxygen atoms in total. The highest BCUT2D eigenvalue weighted by Crippen LogP contribution is 2.22. The average Bonchev–Trinajstić information content (AvgIpc) is 2.47. The number of alkyl halides is 2. The molecular formula is C9H12F2N2O2. The third kappa shape index (κ3) is 3.00. The van der Waals surface area contributed by atoms with E-state index in [1.54, 1.807) is 20.8 Å². The first-order valence-corrected chi connectivity index (χ1v) is 4.36. The fourth-order valence-corrected chi connectivity index (χ4v) is 0.954. The second kappa shape index (κ2) is 3.96. The van der Waals surface area contributed by atoms with E-state index in [9.17, 15) is 13.6 Å². The van der Waals surface area contributed by atoms with Crippen LogP contribution < -0.4 is 0 Å². The molecule has 0 unspecified atom stereocenters. The molecule has 0 spiro atoms. The van der Waals surface area contributed by atoms with Crippen LogP contribution in [0.25, 0.3) is 0 Å². The van der Waals surface area contributed by atoms with Crippen LogP contribution in [-0.4, -0.2) is 21.8 Å². The summed E-state index contributed by atoms with van der Waals surface area (Å²) in [4.78, 5) is 11.4. The maximum atomic E-state index is 12.4. The van der Waals surface area contributed by atoms with Crippen molar-refractivity contribution < 1.29 is 18.3 Å². The topological polar surface area (TPSA) is 55.0 Å². The molecule has 1 N–H and O–H groups in total. The summed E-state index contributed by atoms with van der Waals surface area (Å²) >= 11 is 0. The summed E-state index contributed by atoms with van der Waals surface area (Å²) in [5, 5.41) is 5.59. The van der Waals surface area contributed by atoms with E-state index in [0.717, 1.165) is 6.20 Å². The van der Waals surface area contributed by atoms with E-state index in [2.05, 4.69) is 10.2 Å². The van der Waals surface area contributed by atoms with Crippen molar-refractivity contribution in [2.45, 2.75) is 32.8 Å². The number of H-pyrrole nitrogens is 1. The Balaban J connectivity index is 2.87. The van der Waals surface area contributed by atoms with Gasteiger partial charge in [-0.3, -0.25) is 5.10 Å². The first-order chi connectivity index (χ1) is 6.81. The van der Waals surface area contributed by atoms with Gasteiger partial charge in [-0.15, -0.1) is 0 Å². The van der Waals surface area contributed by atoms with E-state index < -0.39 is 23.6 Å². The molecule has 84 valence electrons. The summed E-state index contributed by atoms with van der Waals surface area (Å²) in [7, 11) is 0. The minimum Gasteiger partial charge on any atom is -0.455 e. The van der Waals surface area contributed by atoms with E-state index in [0.29, 0.717) is 0 Å². The van der Waals surface area contributed by atoms with Gasteiger partial charge >= 0.3 is 5.97 Å². The van der Waals surface area contributed by atoms with E-state index in [-0.39, 0.29) is 5.69 Å². The van der Waals surface area contributed by atoms with Crippen LogP contribution in [0.3, 0.4) is 0 Å². The Bertz CT molecular complexity index is 355. The summed E-state index contributed by atoms with van der Waals surface area (Å²) < 4.78 is 29.7. The van der Waals surface area contributed by atoms with Gasteiger partial charge in [0.15, 0.2) is 5.69 Å². The fraction of sp³-hybridized carbons (Fsp3) is 0.556. The van der Waals surface area contributed by atoms with Gasteiger partial charge in [-0.25, -0.2) is 13.6 Å². The van der Waals surface area contributed by atoms with Crippen LogP contribution in [0.2, 0.25) is 0 Å². The number of hydrogen-bond donors (Lipinski definition) is 1. The number of carbonyl (C=O) groups is 1. The monoisotopic (exact) mass is 218 g/mol. The number of halogens is 2. The lowest BCUT2D eigenvalue weighted by molar-refractivity contribution is 0.00554. The van der Waals surface area contributed by atoms with Crippen molar-refractivity contribution >= 4 is 5.97 Å². The molecule has 0 bridgehead atoms. The number of rotatable bonds is 2. The lowest BCUT2D eigenvalue weighted by atomic mass is 10.2. The normalized spacial score (nSPS) is 11.9. The van der Waals surface area contributed by atoms with Crippen LogP contribution in [0.1, 0.15) is 43.2 Å². The van der Waals surface area contributed by atoms with Crippen molar-refractivity contribution in [3.8, 4) is 0 Å². The van der Waals surface area contributed by atoms with Crippen LogP contribution >= 0.6 is 0 Å². The zero-order chi connectivity index (χ0) is 11.6. The Hall–Kier alpha value is -1.46. The van der Waals surface area contributed by atoms with Crippen molar-refractivity contribution in [2.24, 2.45) is 0 Å². The highest BCUT2D eigenvalue weighted by Gasteiger charge is 2.25. The average molecular weight is 218 g/mol. The Morgan fingerprint density at radius 3 is 2.60 bits per heavy atom. The van der Waals surface area contributed by atoms with E-state index in [4.69, 9.17) is 4.74 Å². The summed E-state index contributed by atoms with van der Waals surface area (Å²) in [6, 6.07) is 0. The predicted octanol–water partition coefficient (Wildman–Crippen LogP) is 2.30. The molecule has 1 rings (SSSR count). The third-order valence-corrected chi connectivity index (χ3v) is 1.51. The largest absolute Gasteiger partial charge is 0.455 e. The number of hydrogen-bond acceptors (Lipinski definition) is 3. The van der Waals surface area contributed by atoms with E-state index >= 15 is 0 Å². The number of nitrogens with one attached hydrogen (secondary N) is 1. The Kier molecular flexibility index (Phi) is 3.06. The first kappa shape index (κ1) is 11.6. The second-order valence-corrected chi connectivity index (χ2v) is 4.00. The lowest BCUT2D eigenvalue weighted by Crippen LogP contribution is -2.24. The number of carbonyl (C=O) groups excluding carboxylic acids is 1. The number of aromatic amines is 1. The van der Waals surface area contributed by atoms with Crippen molar-refractivity contribution in [1.82, 2.24) is 10.2 Å². The van der Waals surface area contributed by atoms with Gasteiger partial charge in [0, 0.05) is 0 Å². The van der Waals surface area contributed by atoms with Gasteiger partial charge in [0.25, 0.3) is 6.43 Å². The molecule has 0 aliphatic rings. The Morgan fingerprint density at radius 2 is 2.13 bits per heavy atom. The molecule has 0 fully saturated rings. The number of aromatic nitrogens is 2. The van der Waals surface area contributed by atoms with Gasteiger partial charge in [0.1, 0.15) is 5.60 Å². The van der Waals surface area contributed by atoms with Crippen LogP contribution in [0.4, 0.5) is 8.78 Å². The predicted molar refractivity (Wildman–Crippen MR) is 48.7 cm³/mol. The molecule has 1 heterocycles. The van der Waals surface area contributed by atoms with Crippen LogP contribution in [-0.2, 0) is 4.74 Å². The Morgan fingerprint density at radius 1 is 1.53 bits per heavy atom. The van der Waals surface area contributed by atoms with Crippen LogP contribution in [0.15, 0.2) is 6.20 Å². The standard InChI is InChI=1S/C9H12F2N2O2/c1-9(2,3)15-8(14)6-5(7(10)11)4-12-13-6/h4,7H,1-3H3,(H,12,13). The molecule has 0 radical (unpaired) electrons. The zero-order valence-corrected chi connectivity index (χ0v) is 8.67. The summed E-state index contributed by atoms with van der Waals surface area (Å²) in [6.45, 7) is 4.97. The molecule has 0 atom stereocenters. The van der Waals surface area contributed by atoms with Crippen LogP contribution in [0.5, 0.6) is 0 Å². The quantitative estimate of drug-likeness (QED) is 0.775. The first-order valence-electron chi connectivity index (χ1n) is 4.36. The summed E-state index contributed by atoms with van der Waals surface area (Å²) in [5.74, 6) is -0.824. The SMILES string of the molecule is CC(C)(C)OC(=O)c1[nH]ncc1C(F)F. The molecule has 1 aromatic heterocycles. The molecule has 0 amide bonds. The highest BCUT2D eigenvalue weighted by molar-refractivity contribution is 5.89. The molecule has 15 heavy (non-hydrogen) atoms. The minimum atomic E-state index is -2.74. The maximum absolute atomic E-state index is 12.4. The number of esters is 1. The number of ether oxygens (including phenoxy) is 1. The highest BCUT2D eigenvalue weighted by atomic mass is 19.3. The van der Waals surface area contributed by atoms with Crippen LogP contribution in [0, 0.1) is 0 Å². The molecule has 0 saturated carbocycles. The van der Waals surface area contributed by atoms with Crippen molar-refractivity contribution in [3.63, 3.8) is 0 Å². The van der Waals surface area contributed by atoms with Crippen molar-refractivity contribution in [1.29, 1.82) is 0 Å². The smallest absolute Gasteiger partial charge is 0.357 e. The Labute approximate surface area is 85.6 Å². The van der Waals surface area contributed by atoms with Gasteiger partial charge < -0.3 is 4.74 Å². The summed E-state index contributed by atoms with van der Waals surface area (Å²) in [5.41, 5.74) is -1.45. The maximum Gasteiger partial charge on any atom is 0.357 e. The molecule has 0 aliphatic heterocycles. The summed E-state index contributed by atoms with van der Waals surface area (Å²) in [6.07, 6.45) is -1.82. The van der Waals surface area contributed by atoms with Gasteiger partial charge in [-0.1, -0.05) is 0 Å². The number of nitrogens with zero attached hydrogens (tertiary/aromatic N) is 1. The van der Waals surface area contributed by atoms with Crippen molar-refractivity contribution in [2.75, 3.05) is 0 Å².